The van der Waals surface area contributed by atoms with Crippen molar-refractivity contribution in [2.45, 2.75) is 25.5 Å². The lowest BCUT2D eigenvalue weighted by Crippen LogP contribution is -2.33. The molecule has 0 radical (unpaired) electrons. The summed E-state index contributed by atoms with van der Waals surface area (Å²) >= 11 is 0. The highest BCUT2D eigenvalue weighted by atomic mass is 16.6. The maximum atomic E-state index is 12.4. The van der Waals surface area contributed by atoms with E-state index in [9.17, 15) is 4.79 Å². The fourth-order valence-corrected chi connectivity index (χ4v) is 3.55. The fraction of sp³-hybridized carbons (Fsp3) is 0.391. The Morgan fingerprint density at radius 3 is 2.93 bits per heavy atom. The molecule has 7 nitrogen and oxygen atoms in total. The van der Waals surface area contributed by atoms with Crippen molar-refractivity contribution in [3.63, 3.8) is 0 Å². The van der Waals surface area contributed by atoms with E-state index in [4.69, 9.17) is 14.2 Å². The Hall–Kier alpha value is -3.06. The monoisotopic (exact) mass is 407 g/mol. The largest absolute Gasteiger partial charge is 0.486 e. The topological polar surface area (TPSA) is 74.6 Å². The lowest BCUT2D eigenvalue weighted by Gasteiger charge is -2.26. The molecular formula is C23H25N3O4. The zero-order valence-electron chi connectivity index (χ0n) is 16.8. The van der Waals surface area contributed by atoms with Crippen LogP contribution < -0.4 is 14.8 Å². The van der Waals surface area contributed by atoms with Crippen LogP contribution in [-0.2, 0) is 11.3 Å². The standard InChI is InChI=1S/C23H25N3O4/c27-23(24-9-10-28-14-16-5-6-16)17-7-8-20-18(11-17)12-26(25-20)13-19-15-29-21-3-1-2-4-22(21)30-19/h1-4,7-8,11-12,16,19H,5-6,9-10,13-15H2,(H,24,27). The summed E-state index contributed by atoms with van der Waals surface area (Å²) in [6.45, 7) is 2.92. The van der Waals surface area contributed by atoms with Crippen LogP contribution in [0.3, 0.4) is 0 Å². The maximum absolute atomic E-state index is 12.4. The van der Waals surface area contributed by atoms with Crippen LogP contribution in [0.2, 0.25) is 0 Å². The number of hydrogen-bond donors (Lipinski definition) is 1. The van der Waals surface area contributed by atoms with E-state index >= 15 is 0 Å². The van der Waals surface area contributed by atoms with E-state index < -0.39 is 0 Å². The van der Waals surface area contributed by atoms with Crippen molar-refractivity contribution in [3.8, 4) is 11.5 Å². The van der Waals surface area contributed by atoms with Gasteiger partial charge in [-0.25, -0.2) is 0 Å². The zero-order valence-corrected chi connectivity index (χ0v) is 16.8. The molecule has 0 bridgehead atoms. The Balaban J connectivity index is 1.18. The summed E-state index contributed by atoms with van der Waals surface area (Å²) in [7, 11) is 0. The quantitative estimate of drug-likeness (QED) is 0.581. The van der Waals surface area contributed by atoms with E-state index in [0.29, 0.717) is 31.9 Å². The van der Waals surface area contributed by atoms with Crippen LogP contribution in [0.15, 0.2) is 48.7 Å². The van der Waals surface area contributed by atoms with Crippen molar-refractivity contribution in [3.05, 3.63) is 54.2 Å². The summed E-state index contributed by atoms with van der Waals surface area (Å²) < 4.78 is 19.2. The van der Waals surface area contributed by atoms with Crippen LogP contribution in [0.25, 0.3) is 10.9 Å². The molecule has 1 fully saturated rings. The average molecular weight is 407 g/mol. The molecule has 1 atom stereocenters. The lowest BCUT2D eigenvalue weighted by molar-refractivity contribution is 0.0760. The number of ether oxygens (including phenoxy) is 3. The number of carbonyl (C=O) groups excluding carboxylic acids is 1. The van der Waals surface area contributed by atoms with Crippen LogP contribution >= 0.6 is 0 Å². The smallest absolute Gasteiger partial charge is 0.251 e. The third-order valence-corrected chi connectivity index (χ3v) is 5.35. The van der Waals surface area contributed by atoms with Crippen LogP contribution in [0.1, 0.15) is 23.2 Å². The lowest BCUT2D eigenvalue weighted by atomic mass is 10.1. The van der Waals surface area contributed by atoms with Crippen molar-refractivity contribution in [2.24, 2.45) is 5.92 Å². The maximum Gasteiger partial charge on any atom is 0.251 e. The molecule has 7 heteroatoms. The van der Waals surface area contributed by atoms with E-state index in [-0.39, 0.29) is 12.0 Å². The Labute approximate surface area is 174 Å². The van der Waals surface area contributed by atoms with Gasteiger partial charge in [-0.2, -0.15) is 5.10 Å². The average Bonchev–Trinajstić information content (AvgIpc) is 3.50. The Kier molecular flexibility index (Phi) is 5.27. The van der Waals surface area contributed by atoms with Gasteiger partial charge >= 0.3 is 0 Å². The first-order chi connectivity index (χ1) is 14.7. The van der Waals surface area contributed by atoms with Crippen molar-refractivity contribution in [1.82, 2.24) is 15.1 Å². The number of para-hydroxylation sites is 2. The van der Waals surface area contributed by atoms with Gasteiger partial charge < -0.3 is 19.5 Å². The molecular weight excluding hydrogens is 382 g/mol. The number of rotatable bonds is 8. The minimum absolute atomic E-state index is 0.0970. The van der Waals surface area contributed by atoms with Crippen molar-refractivity contribution < 1.29 is 19.0 Å². The molecule has 1 N–H and O–H groups in total. The van der Waals surface area contributed by atoms with Gasteiger partial charge in [0.2, 0.25) is 0 Å². The number of nitrogens with zero attached hydrogens (tertiary/aromatic N) is 2. The van der Waals surface area contributed by atoms with Gasteiger partial charge in [-0.3, -0.25) is 9.48 Å². The Morgan fingerprint density at radius 1 is 1.20 bits per heavy atom. The summed E-state index contributed by atoms with van der Waals surface area (Å²) in [5.74, 6) is 2.17. The second-order valence-electron chi connectivity index (χ2n) is 7.90. The van der Waals surface area contributed by atoms with Crippen molar-refractivity contribution >= 4 is 16.8 Å². The zero-order chi connectivity index (χ0) is 20.3. The minimum atomic E-state index is -0.118. The molecule has 0 saturated heterocycles. The first-order valence-electron chi connectivity index (χ1n) is 10.5. The molecule has 2 aromatic carbocycles. The Morgan fingerprint density at radius 2 is 2.07 bits per heavy atom. The summed E-state index contributed by atoms with van der Waals surface area (Å²) in [6.07, 6.45) is 4.36. The first kappa shape index (κ1) is 18.9. The van der Waals surface area contributed by atoms with Crippen LogP contribution in [0, 0.1) is 5.92 Å². The van der Waals surface area contributed by atoms with Gasteiger partial charge in [-0.05, 0) is 49.1 Å². The summed E-state index contributed by atoms with van der Waals surface area (Å²) in [6, 6.07) is 13.2. The molecule has 1 aliphatic carbocycles. The van der Waals surface area contributed by atoms with Gasteiger partial charge in [-0.1, -0.05) is 12.1 Å². The normalized spacial score (nSPS) is 17.8. The molecule has 156 valence electrons. The molecule has 1 amide bonds. The number of fused-ring (bicyclic) bond motifs is 2. The highest BCUT2D eigenvalue weighted by Crippen LogP contribution is 2.31. The third-order valence-electron chi connectivity index (χ3n) is 5.35. The molecule has 1 aliphatic heterocycles. The summed E-state index contributed by atoms with van der Waals surface area (Å²) in [4.78, 5) is 12.4. The highest BCUT2D eigenvalue weighted by Gasteiger charge is 2.22. The predicted molar refractivity (Wildman–Crippen MR) is 112 cm³/mol. The number of amides is 1. The molecule has 2 heterocycles. The Bertz CT molecular complexity index is 1040. The molecule has 1 aromatic heterocycles. The summed E-state index contributed by atoms with van der Waals surface area (Å²) in [5.41, 5.74) is 1.46. The van der Waals surface area contributed by atoms with Crippen LogP contribution in [-0.4, -0.2) is 48.2 Å². The van der Waals surface area contributed by atoms with E-state index in [2.05, 4.69) is 10.4 Å². The number of aromatic nitrogens is 2. The van der Waals surface area contributed by atoms with E-state index in [1.807, 2.05) is 47.3 Å². The van der Waals surface area contributed by atoms with Gasteiger partial charge in [0, 0.05) is 30.3 Å². The van der Waals surface area contributed by atoms with Crippen LogP contribution in [0.4, 0.5) is 0 Å². The molecule has 2 aliphatic rings. The number of benzene rings is 2. The molecule has 0 spiro atoms. The highest BCUT2D eigenvalue weighted by molar-refractivity contribution is 5.97. The second kappa shape index (κ2) is 8.36. The van der Waals surface area contributed by atoms with Gasteiger partial charge in [0.05, 0.1) is 18.7 Å². The summed E-state index contributed by atoms with van der Waals surface area (Å²) in [5, 5.41) is 8.43. The van der Waals surface area contributed by atoms with Gasteiger partial charge in [-0.15, -0.1) is 0 Å². The molecule has 5 rings (SSSR count). The van der Waals surface area contributed by atoms with Crippen molar-refractivity contribution in [2.75, 3.05) is 26.4 Å². The number of carbonyl (C=O) groups is 1. The van der Waals surface area contributed by atoms with E-state index in [1.165, 1.54) is 12.8 Å². The van der Waals surface area contributed by atoms with Gasteiger partial charge in [0.1, 0.15) is 6.61 Å². The van der Waals surface area contributed by atoms with E-state index in [0.717, 1.165) is 34.9 Å². The van der Waals surface area contributed by atoms with E-state index in [1.54, 1.807) is 6.07 Å². The third kappa shape index (κ3) is 4.41. The molecule has 1 unspecified atom stereocenters. The fourth-order valence-electron chi connectivity index (χ4n) is 3.55. The van der Waals surface area contributed by atoms with Gasteiger partial charge in [0.25, 0.3) is 5.91 Å². The van der Waals surface area contributed by atoms with Crippen molar-refractivity contribution in [1.29, 1.82) is 0 Å². The predicted octanol–water partition coefficient (Wildman–Crippen LogP) is 3.03. The number of nitrogens with one attached hydrogen (secondary N) is 1. The SMILES string of the molecule is O=C(NCCOCC1CC1)c1ccc2nn(CC3COc4ccccc4O3)cc2c1. The minimum Gasteiger partial charge on any atom is -0.486 e. The second-order valence-corrected chi connectivity index (χ2v) is 7.90. The first-order valence-corrected chi connectivity index (χ1v) is 10.5. The molecule has 30 heavy (non-hydrogen) atoms. The molecule has 3 aromatic rings. The molecule has 1 saturated carbocycles. The van der Waals surface area contributed by atoms with Crippen LogP contribution in [0.5, 0.6) is 11.5 Å². The van der Waals surface area contributed by atoms with Gasteiger partial charge in [0.15, 0.2) is 17.6 Å². The number of hydrogen-bond acceptors (Lipinski definition) is 5.